The molecule has 4 heteroatoms. The normalized spacial score (nSPS) is 22.5. The highest BCUT2D eigenvalue weighted by Gasteiger charge is 2.25. The summed E-state index contributed by atoms with van der Waals surface area (Å²) in [6, 6.07) is 8.26. The number of piperidine rings is 1. The van der Waals surface area contributed by atoms with E-state index in [0.29, 0.717) is 19.3 Å². The maximum absolute atomic E-state index is 12.4. The van der Waals surface area contributed by atoms with Crippen LogP contribution in [0.4, 0.5) is 5.69 Å². The predicted molar refractivity (Wildman–Crippen MR) is 80.6 cm³/mol. The van der Waals surface area contributed by atoms with E-state index < -0.39 is 0 Å². The van der Waals surface area contributed by atoms with E-state index >= 15 is 0 Å². The van der Waals surface area contributed by atoms with Crippen molar-refractivity contribution < 1.29 is 9.53 Å². The Kier molecular flexibility index (Phi) is 5.56. The zero-order valence-corrected chi connectivity index (χ0v) is 12.3. The van der Waals surface area contributed by atoms with Gasteiger partial charge in [0.1, 0.15) is 0 Å². The SMILES string of the molecule is CCOCc1ccccc1NC(=O)C1CCNC(C)C1. The van der Waals surface area contributed by atoms with Gasteiger partial charge in [-0.05, 0) is 39.3 Å². The molecule has 2 N–H and O–H groups in total. The van der Waals surface area contributed by atoms with Crippen LogP contribution in [0.2, 0.25) is 0 Å². The first kappa shape index (κ1) is 15.0. The molecule has 1 saturated heterocycles. The van der Waals surface area contributed by atoms with Gasteiger partial charge in [-0.3, -0.25) is 4.79 Å². The van der Waals surface area contributed by atoms with E-state index in [9.17, 15) is 4.79 Å². The van der Waals surface area contributed by atoms with Gasteiger partial charge in [0.25, 0.3) is 0 Å². The van der Waals surface area contributed by atoms with Crippen molar-refractivity contribution in [3.05, 3.63) is 29.8 Å². The molecule has 1 heterocycles. The van der Waals surface area contributed by atoms with Gasteiger partial charge in [-0.25, -0.2) is 0 Å². The number of carbonyl (C=O) groups excluding carboxylic acids is 1. The van der Waals surface area contributed by atoms with Crippen molar-refractivity contribution >= 4 is 11.6 Å². The van der Waals surface area contributed by atoms with Crippen LogP contribution in [0.15, 0.2) is 24.3 Å². The minimum absolute atomic E-state index is 0.103. The summed E-state index contributed by atoms with van der Waals surface area (Å²) in [6.45, 7) is 6.23. The van der Waals surface area contributed by atoms with Crippen molar-refractivity contribution in [2.24, 2.45) is 5.92 Å². The highest BCUT2D eigenvalue weighted by atomic mass is 16.5. The molecule has 2 rings (SSSR count). The minimum Gasteiger partial charge on any atom is -0.377 e. The summed E-state index contributed by atoms with van der Waals surface area (Å²) in [5, 5.41) is 6.43. The largest absolute Gasteiger partial charge is 0.377 e. The number of ether oxygens (including phenoxy) is 1. The first-order valence-electron chi connectivity index (χ1n) is 7.40. The second kappa shape index (κ2) is 7.41. The lowest BCUT2D eigenvalue weighted by atomic mass is 9.92. The average Bonchev–Trinajstić information content (AvgIpc) is 2.46. The van der Waals surface area contributed by atoms with Crippen LogP contribution in [-0.4, -0.2) is 25.1 Å². The van der Waals surface area contributed by atoms with Crippen LogP contribution in [0.3, 0.4) is 0 Å². The molecule has 2 atom stereocenters. The fraction of sp³-hybridized carbons (Fsp3) is 0.562. The molecule has 1 aromatic rings. The smallest absolute Gasteiger partial charge is 0.227 e. The Morgan fingerprint density at radius 3 is 3.00 bits per heavy atom. The summed E-state index contributed by atoms with van der Waals surface area (Å²) in [6.07, 6.45) is 1.81. The van der Waals surface area contributed by atoms with E-state index in [1.54, 1.807) is 0 Å². The maximum atomic E-state index is 12.4. The van der Waals surface area contributed by atoms with Crippen LogP contribution >= 0.6 is 0 Å². The maximum Gasteiger partial charge on any atom is 0.227 e. The highest BCUT2D eigenvalue weighted by molar-refractivity contribution is 5.93. The van der Waals surface area contributed by atoms with Crippen LogP contribution in [0.5, 0.6) is 0 Å². The minimum atomic E-state index is 0.103. The standard InChI is InChI=1S/C16H24N2O2/c1-3-20-11-14-6-4-5-7-15(14)18-16(19)13-8-9-17-12(2)10-13/h4-7,12-13,17H,3,8-11H2,1-2H3,(H,18,19). The van der Waals surface area contributed by atoms with Crippen LogP contribution in [0.1, 0.15) is 32.3 Å². The number of rotatable bonds is 5. The molecule has 0 radical (unpaired) electrons. The van der Waals surface area contributed by atoms with Crippen molar-refractivity contribution in [2.75, 3.05) is 18.5 Å². The third-order valence-electron chi connectivity index (χ3n) is 3.73. The van der Waals surface area contributed by atoms with Crippen LogP contribution in [-0.2, 0) is 16.1 Å². The summed E-state index contributed by atoms with van der Waals surface area (Å²) in [5.41, 5.74) is 1.90. The van der Waals surface area contributed by atoms with Crippen LogP contribution in [0.25, 0.3) is 0 Å². The molecule has 1 aliphatic heterocycles. The number of amides is 1. The molecule has 0 aromatic heterocycles. The Bertz CT molecular complexity index is 448. The molecule has 1 aromatic carbocycles. The van der Waals surface area contributed by atoms with Crippen molar-refractivity contribution in [3.63, 3.8) is 0 Å². The Morgan fingerprint density at radius 2 is 2.25 bits per heavy atom. The second-order valence-electron chi connectivity index (χ2n) is 5.36. The molecular formula is C16H24N2O2. The fourth-order valence-electron chi connectivity index (χ4n) is 2.58. The lowest BCUT2D eigenvalue weighted by molar-refractivity contribution is -0.120. The van der Waals surface area contributed by atoms with Gasteiger partial charge in [-0.15, -0.1) is 0 Å². The zero-order chi connectivity index (χ0) is 14.4. The molecule has 1 aliphatic rings. The van der Waals surface area contributed by atoms with Gasteiger partial charge >= 0.3 is 0 Å². The van der Waals surface area contributed by atoms with Crippen LogP contribution < -0.4 is 10.6 Å². The summed E-state index contributed by atoms with van der Waals surface area (Å²) < 4.78 is 5.44. The summed E-state index contributed by atoms with van der Waals surface area (Å²) in [7, 11) is 0. The fourth-order valence-corrected chi connectivity index (χ4v) is 2.58. The number of carbonyl (C=O) groups is 1. The number of para-hydroxylation sites is 1. The zero-order valence-electron chi connectivity index (χ0n) is 12.3. The summed E-state index contributed by atoms with van der Waals surface area (Å²) >= 11 is 0. The molecule has 4 nitrogen and oxygen atoms in total. The van der Waals surface area contributed by atoms with Crippen molar-refractivity contribution in [1.29, 1.82) is 0 Å². The Labute approximate surface area is 120 Å². The lowest BCUT2D eigenvalue weighted by Gasteiger charge is -2.27. The topological polar surface area (TPSA) is 50.4 Å². The third kappa shape index (κ3) is 4.05. The summed E-state index contributed by atoms with van der Waals surface area (Å²) in [4.78, 5) is 12.4. The molecule has 2 unspecified atom stereocenters. The van der Waals surface area contributed by atoms with Gasteiger partial charge in [0.05, 0.1) is 6.61 Å². The quantitative estimate of drug-likeness (QED) is 0.869. The first-order valence-corrected chi connectivity index (χ1v) is 7.40. The van der Waals surface area contributed by atoms with Gasteiger partial charge in [0, 0.05) is 29.8 Å². The van der Waals surface area contributed by atoms with Crippen molar-refractivity contribution in [1.82, 2.24) is 5.32 Å². The molecule has 1 amide bonds. The molecular weight excluding hydrogens is 252 g/mol. The average molecular weight is 276 g/mol. The number of anilines is 1. The Hall–Kier alpha value is -1.39. The lowest BCUT2D eigenvalue weighted by Crippen LogP contribution is -2.40. The monoisotopic (exact) mass is 276 g/mol. The molecule has 20 heavy (non-hydrogen) atoms. The van der Waals surface area contributed by atoms with Gasteiger partial charge in [-0.1, -0.05) is 18.2 Å². The number of hydrogen-bond acceptors (Lipinski definition) is 3. The van der Waals surface area contributed by atoms with Gasteiger partial charge in [0.2, 0.25) is 5.91 Å². The number of hydrogen-bond donors (Lipinski definition) is 2. The molecule has 0 bridgehead atoms. The van der Waals surface area contributed by atoms with Gasteiger partial charge in [-0.2, -0.15) is 0 Å². The van der Waals surface area contributed by atoms with Crippen LogP contribution in [0, 0.1) is 5.92 Å². The van der Waals surface area contributed by atoms with Crippen molar-refractivity contribution in [2.45, 2.75) is 39.3 Å². The van der Waals surface area contributed by atoms with Crippen molar-refractivity contribution in [3.8, 4) is 0 Å². The molecule has 0 saturated carbocycles. The van der Waals surface area contributed by atoms with E-state index in [-0.39, 0.29) is 11.8 Å². The number of nitrogens with one attached hydrogen (secondary N) is 2. The van der Waals surface area contributed by atoms with E-state index in [4.69, 9.17) is 4.74 Å². The molecule has 110 valence electrons. The highest BCUT2D eigenvalue weighted by Crippen LogP contribution is 2.21. The first-order chi connectivity index (χ1) is 9.70. The summed E-state index contributed by atoms with van der Waals surface area (Å²) in [5.74, 6) is 0.230. The van der Waals surface area contributed by atoms with Gasteiger partial charge < -0.3 is 15.4 Å². The molecule has 0 spiro atoms. The van der Waals surface area contributed by atoms with Gasteiger partial charge in [0.15, 0.2) is 0 Å². The Morgan fingerprint density at radius 1 is 1.45 bits per heavy atom. The van der Waals surface area contributed by atoms with E-state index in [1.807, 2.05) is 31.2 Å². The van der Waals surface area contributed by atoms with E-state index in [2.05, 4.69) is 17.6 Å². The molecule has 0 aliphatic carbocycles. The second-order valence-corrected chi connectivity index (χ2v) is 5.36. The number of benzene rings is 1. The molecule has 1 fully saturated rings. The Balaban J connectivity index is 1.99. The predicted octanol–water partition coefficient (Wildman–Crippen LogP) is 2.55. The third-order valence-corrected chi connectivity index (χ3v) is 3.73. The van der Waals surface area contributed by atoms with E-state index in [0.717, 1.165) is 30.6 Å². The van der Waals surface area contributed by atoms with E-state index in [1.165, 1.54) is 0 Å².